The van der Waals surface area contributed by atoms with Gasteiger partial charge in [0.25, 0.3) is 0 Å². The Morgan fingerprint density at radius 1 is 0.833 bits per heavy atom. The molecule has 0 saturated carbocycles. The fraction of sp³-hybridized carbons (Fsp3) is 0.833. The summed E-state index contributed by atoms with van der Waals surface area (Å²) < 4.78 is 0. The van der Waals surface area contributed by atoms with Gasteiger partial charge >= 0.3 is 0 Å². The second-order valence-electron chi connectivity index (χ2n) is 5.63. The fourth-order valence-electron chi connectivity index (χ4n) is 1.96. The maximum absolute atomic E-state index is 4.47. The molecule has 0 unspecified atom stereocenters. The smallest absolute Gasteiger partial charge is 0.133 e. The Labute approximate surface area is 108 Å². The van der Waals surface area contributed by atoms with Crippen LogP contribution in [-0.4, -0.2) is 48.9 Å². The van der Waals surface area contributed by atoms with E-state index in [0.717, 1.165) is 37.9 Å². The maximum atomic E-state index is 4.47. The third kappa shape index (κ3) is 2.68. The van der Waals surface area contributed by atoms with E-state index in [-0.39, 0.29) is 0 Å². The Kier molecular flexibility index (Phi) is 3.36. The average molecular weight is 250 g/mol. The van der Waals surface area contributed by atoms with E-state index >= 15 is 0 Å². The van der Waals surface area contributed by atoms with Gasteiger partial charge in [-0.2, -0.15) is 10.2 Å². The summed E-state index contributed by atoms with van der Waals surface area (Å²) in [5, 5.41) is 15.4. The second-order valence-corrected chi connectivity index (χ2v) is 5.63. The largest absolute Gasteiger partial charge is 0.370 e. The fourth-order valence-corrected chi connectivity index (χ4v) is 1.96. The van der Waals surface area contributed by atoms with E-state index < -0.39 is 11.1 Å². The molecule has 0 bridgehead atoms. The van der Waals surface area contributed by atoms with E-state index in [9.17, 15) is 0 Å². The number of rotatable bonds is 4. The summed E-state index contributed by atoms with van der Waals surface area (Å²) in [6.07, 6.45) is 0. The molecule has 6 nitrogen and oxygen atoms in total. The molecule has 2 aliphatic rings. The molecule has 2 heterocycles. The van der Waals surface area contributed by atoms with Crippen molar-refractivity contribution in [2.75, 3.05) is 26.2 Å². The van der Waals surface area contributed by atoms with Crippen molar-refractivity contribution in [3.05, 3.63) is 0 Å². The van der Waals surface area contributed by atoms with Crippen LogP contribution in [0, 0.1) is 0 Å². The predicted molar refractivity (Wildman–Crippen MR) is 73.6 cm³/mol. The van der Waals surface area contributed by atoms with Crippen molar-refractivity contribution < 1.29 is 0 Å². The Morgan fingerprint density at radius 2 is 1.22 bits per heavy atom. The highest BCUT2D eigenvalue weighted by Gasteiger charge is 2.31. The van der Waals surface area contributed by atoms with Crippen molar-refractivity contribution >= 4 is 11.7 Å². The first kappa shape index (κ1) is 13.0. The van der Waals surface area contributed by atoms with Gasteiger partial charge in [-0.15, -0.1) is 0 Å². The molecule has 0 aromatic rings. The number of aliphatic imine (C=N–C) groups is 2. The number of hydrogen-bond donors (Lipinski definition) is 2. The highest BCUT2D eigenvalue weighted by atomic mass is 15.3. The minimum Gasteiger partial charge on any atom is -0.370 e. The number of nitrogens with one attached hydrogen (secondary N) is 2. The van der Waals surface area contributed by atoms with Gasteiger partial charge < -0.3 is 10.6 Å². The van der Waals surface area contributed by atoms with Crippen molar-refractivity contribution in [1.29, 1.82) is 0 Å². The molecule has 100 valence electrons. The first-order valence-corrected chi connectivity index (χ1v) is 6.43. The number of amidine groups is 2. The van der Waals surface area contributed by atoms with Crippen LogP contribution < -0.4 is 10.6 Å². The molecule has 0 aliphatic carbocycles. The van der Waals surface area contributed by atoms with Crippen LogP contribution in [0.25, 0.3) is 0 Å². The molecule has 0 aromatic heterocycles. The third-order valence-corrected chi connectivity index (χ3v) is 3.06. The molecule has 0 amide bonds. The molecule has 0 saturated heterocycles. The highest BCUT2D eigenvalue weighted by molar-refractivity contribution is 5.93. The summed E-state index contributed by atoms with van der Waals surface area (Å²) in [5.74, 6) is 1.84. The van der Waals surface area contributed by atoms with Gasteiger partial charge in [0.15, 0.2) is 0 Å². The second kappa shape index (κ2) is 4.66. The monoisotopic (exact) mass is 250 g/mol. The molecular formula is C12H22N6. The number of azo groups is 1. The summed E-state index contributed by atoms with van der Waals surface area (Å²) in [6.45, 7) is 11.5. The lowest BCUT2D eigenvalue weighted by molar-refractivity contribution is 0.552. The zero-order valence-electron chi connectivity index (χ0n) is 11.6. The molecule has 2 N–H and O–H groups in total. The van der Waals surface area contributed by atoms with Crippen LogP contribution in [0.15, 0.2) is 20.2 Å². The predicted octanol–water partition coefficient (Wildman–Crippen LogP) is 0.999. The summed E-state index contributed by atoms with van der Waals surface area (Å²) in [7, 11) is 0. The summed E-state index contributed by atoms with van der Waals surface area (Å²) >= 11 is 0. The standard InChI is InChI=1S/C12H22N6/c1-11(2,9-13-5-6-14-9)17-18-12(3,4)10-15-7-8-16-10/h5-8H2,1-4H3,(H,13,14)(H,15,16)/b18-17+. The van der Waals surface area contributed by atoms with Crippen molar-refractivity contribution in [3.8, 4) is 0 Å². The summed E-state index contributed by atoms with van der Waals surface area (Å²) in [6, 6.07) is 0. The van der Waals surface area contributed by atoms with Crippen molar-refractivity contribution in [1.82, 2.24) is 10.6 Å². The number of hydrogen-bond acceptors (Lipinski definition) is 6. The van der Waals surface area contributed by atoms with Crippen molar-refractivity contribution in [2.45, 2.75) is 38.8 Å². The van der Waals surface area contributed by atoms with Crippen LogP contribution in [-0.2, 0) is 0 Å². The highest BCUT2D eigenvalue weighted by Crippen LogP contribution is 2.19. The van der Waals surface area contributed by atoms with Gasteiger partial charge in [0.2, 0.25) is 0 Å². The van der Waals surface area contributed by atoms with E-state index in [2.05, 4.69) is 30.8 Å². The molecule has 6 heteroatoms. The number of nitrogens with zero attached hydrogens (tertiary/aromatic N) is 4. The van der Waals surface area contributed by atoms with Crippen LogP contribution in [0.4, 0.5) is 0 Å². The average Bonchev–Trinajstić information content (AvgIpc) is 2.99. The van der Waals surface area contributed by atoms with Gasteiger partial charge in [-0.3, -0.25) is 9.98 Å². The van der Waals surface area contributed by atoms with Gasteiger partial charge in [0, 0.05) is 13.1 Å². The van der Waals surface area contributed by atoms with E-state index in [4.69, 9.17) is 0 Å². The third-order valence-electron chi connectivity index (χ3n) is 3.06. The van der Waals surface area contributed by atoms with Gasteiger partial charge in [0.1, 0.15) is 22.7 Å². The lowest BCUT2D eigenvalue weighted by atomic mass is 10.0. The van der Waals surface area contributed by atoms with Gasteiger partial charge in [-0.05, 0) is 27.7 Å². The Morgan fingerprint density at radius 3 is 1.50 bits per heavy atom. The Hall–Kier alpha value is -1.46. The Balaban J connectivity index is 2.09. The zero-order chi connectivity index (χ0) is 13.2. The van der Waals surface area contributed by atoms with E-state index in [0.29, 0.717) is 0 Å². The van der Waals surface area contributed by atoms with Gasteiger partial charge in [-0.1, -0.05) is 0 Å². The van der Waals surface area contributed by atoms with Crippen LogP contribution in [0.3, 0.4) is 0 Å². The Bertz CT molecular complexity index is 367. The minimum atomic E-state index is -0.396. The molecule has 18 heavy (non-hydrogen) atoms. The summed E-state index contributed by atoms with van der Waals surface area (Å²) in [5.41, 5.74) is -0.792. The zero-order valence-corrected chi connectivity index (χ0v) is 11.6. The normalized spacial score (nSPS) is 20.7. The van der Waals surface area contributed by atoms with E-state index in [1.807, 2.05) is 27.7 Å². The molecule has 2 rings (SSSR count). The van der Waals surface area contributed by atoms with Crippen LogP contribution in [0.1, 0.15) is 27.7 Å². The molecule has 2 aliphatic heterocycles. The van der Waals surface area contributed by atoms with Crippen LogP contribution in [0.5, 0.6) is 0 Å². The van der Waals surface area contributed by atoms with E-state index in [1.165, 1.54) is 0 Å². The van der Waals surface area contributed by atoms with Crippen molar-refractivity contribution in [3.63, 3.8) is 0 Å². The molecule has 0 atom stereocenters. The molecular weight excluding hydrogens is 228 g/mol. The maximum Gasteiger partial charge on any atom is 0.133 e. The summed E-state index contributed by atoms with van der Waals surface area (Å²) in [4.78, 5) is 8.82. The van der Waals surface area contributed by atoms with Crippen LogP contribution >= 0.6 is 0 Å². The van der Waals surface area contributed by atoms with Gasteiger partial charge in [0.05, 0.1) is 13.1 Å². The SMILES string of the molecule is CC(C)(/N=N/C(C)(C)C1=NCCN1)C1=NCCN1. The van der Waals surface area contributed by atoms with Crippen molar-refractivity contribution in [2.24, 2.45) is 20.2 Å². The van der Waals surface area contributed by atoms with E-state index in [1.54, 1.807) is 0 Å². The van der Waals surface area contributed by atoms with Gasteiger partial charge in [-0.25, -0.2) is 0 Å². The van der Waals surface area contributed by atoms with Crippen LogP contribution in [0.2, 0.25) is 0 Å². The first-order valence-electron chi connectivity index (χ1n) is 6.43. The molecule has 0 radical (unpaired) electrons. The quantitative estimate of drug-likeness (QED) is 0.730. The first-order chi connectivity index (χ1) is 8.42. The lowest BCUT2D eigenvalue weighted by Crippen LogP contribution is -2.41. The minimum absolute atomic E-state index is 0.396. The molecule has 0 aromatic carbocycles. The lowest BCUT2D eigenvalue weighted by Gasteiger charge is -2.23. The molecule has 0 spiro atoms. The molecule has 0 fully saturated rings. The topological polar surface area (TPSA) is 73.5 Å².